The molecule has 1 aromatic heterocycles. The number of nitrogens with one attached hydrogen (secondary N) is 1. The molecule has 1 N–H and O–H groups in total. The SMILES string of the molecule is CCCOCc1ccc(CNC2CC2)s1. The van der Waals surface area contributed by atoms with Gasteiger partial charge < -0.3 is 10.1 Å². The lowest BCUT2D eigenvalue weighted by molar-refractivity contribution is 0.123. The summed E-state index contributed by atoms with van der Waals surface area (Å²) in [7, 11) is 0. The van der Waals surface area contributed by atoms with Gasteiger partial charge in [0.2, 0.25) is 0 Å². The molecule has 3 heteroatoms. The van der Waals surface area contributed by atoms with Crippen LogP contribution in [0.1, 0.15) is 35.9 Å². The molecular formula is C12H19NOS. The average Bonchev–Trinajstić information content (AvgIpc) is 2.97. The first-order chi connectivity index (χ1) is 7.38. The molecule has 2 rings (SSSR count). The van der Waals surface area contributed by atoms with E-state index >= 15 is 0 Å². The molecule has 0 bridgehead atoms. The van der Waals surface area contributed by atoms with Crippen molar-refractivity contribution >= 4 is 11.3 Å². The van der Waals surface area contributed by atoms with E-state index in [0.29, 0.717) is 0 Å². The minimum Gasteiger partial charge on any atom is -0.376 e. The van der Waals surface area contributed by atoms with Crippen LogP contribution in [-0.2, 0) is 17.9 Å². The zero-order valence-corrected chi connectivity index (χ0v) is 10.1. The van der Waals surface area contributed by atoms with Crippen molar-refractivity contribution in [3.8, 4) is 0 Å². The lowest BCUT2D eigenvalue weighted by atomic mass is 10.4. The molecule has 0 atom stereocenters. The zero-order valence-electron chi connectivity index (χ0n) is 9.29. The standard InChI is InChI=1S/C12H19NOS/c1-2-7-14-9-12-6-5-11(15-12)8-13-10-3-4-10/h5-6,10,13H,2-4,7-9H2,1H3. The van der Waals surface area contributed by atoms with Crippen molar-refractivity contribution < 1.29 is 4.74 Å². The normalized spacial score (nSPS) is 15.8. The van der Waals surface area contributed by atoms with Crippen LogP contribution in [0.5, 0.6) is 0 Å². The molecule has 0 unspecified atom stereocenters. The number of hydrogen-bond acceptors (Lipinski definition) is 3. The van der Waals surface area contributed by atoms with E-state index < -0.39 is 0 Å². The van der Waals surface area contributed by atoms with Crippen LogP contribution in [0.15, 0.2) is 12.1 Å². The van der Waals surface area contributed by atoms with Crippen LogP contribution >= 0.6 is 11.3 Å². The van der Waals surface area contributed by atoms with Crippen LogP contribution in [0.2, 0.25) is 0 Å². The van der Waals surface area contributed by atoms with Crippen LogP contribution in [-0.4, -0.2) is 12.6 Å². The van der Waals surface area contributed by atoms with Gasteiger partial charge in [-0.05, 0) is 31.4 Å². The van der Waals surface area contributed by atoms with Gasteiger partial charge in [0.05, 0.1) is 6.61 Å². The van der Waals surface area contributed by atoms with E-state index in [1.807, 2.05) is 11.3 Å². The van der Waals surface area contributed by atoms with E-state index in [0.717, 1.165) is 32.2 Å². The van der Waals surface area contributed by atoms with Gasteiger partial charge in [-0.15, -0.1) is 11.3 Å². The first kappa shape index (κ1) is 11.1. The average molecular weight is 225 g/mol. The van der Waals surface area contributed by atoms with E-state index in [1.165, 1.54) is 22.6 Å². The highest BCUT2D eigenvalue weighted by molar-refractivity contribution is 7.11. The Bertz CT molecular complexity index is 294. The summed E-state index contributed by atoms with van der Waals surface area (Å²) < 4.78 is 5.51. The molecule has 0 radical (unpaired) electrons. The molecule has 1 saturated carbocycles. The Morgan fingerprint density at radius 2 is 2.20 bits per heavy atom. The predicted molar refractivity (Wildman–Crippen MR) is 64.1 cm³/mol. The molecule has 1 fully saturated rings. The van der Waals surface area contributed by atoms with Crippen LogP contribution in [0.25, 0.3) is 0 Å². The minimum absolute atomic E-state index is 0.780. The molecule has 1 aliphatic rings. The summed E-state index contributed by atoms with van der Waals surface area (Å²) in [5.74, 6) is 0. The smallest absolute Gasteiger partial charge is 0.0809 e. The molecule has 0 spiro atoms. The zero-order chi connectivity index (χ0) is 10.5. The molecule has 2 nitrogen and oxygen atoms in total. The van der Waals surface area contributed by atoms with Gasteiger partial charge in [-0.2, -0.15) is 0 Å². The van der Waals surface area contributed by atoms with Crippen molar-refractivity contribution in [3.05, 3.63) is 21.9 Å². The fourth-order valence-electron chi connectivity index (χ4n) is 1.44. The quantitative estimate of drug-likeness (QED) is 0.720. The van der Waals surface area contributed by atoms with E-state index in [-0.39, 0.29) is 0 Å². The van der Waals surface area contributed by atoms with Crippen molar-refractivity contribution in [2.24, 2.45) is 0 Å². The third-order valence-electron chi connectivity index (χ3n) is 2.45. The highest BCUT2D eigenvalue weighted by Gasteiger charge is 2.20. The van der Waals surface area contributed by atoms with Gasteiger partial charge in [0.15, 0.2) is 0 Å². The largest absolute Gasteiger partial charge is 0.376 e. The second-order valence-corrected chi connectivity index (χ2v) is 5.33. The van der Waals surface area contributed by atoms with E-state index in [9.17, 15) is 0 Å². The van der Waals surface area contributed by atoms with Gasteiger partial charge in [0.25, 0.3) is 0 Å². The summed E-state index contributed by atoms with van der Waals surface area (Å²) in [5.41, 5.74) is 0. The summed E-state index contributed by atoms with van der Waals surface area (Å²) in [5, 5.41) is 3.52. The fourth-order valence-corrected chi connectivity index (χ4v) is 2.35. The highest BCUT2D eigenvalue weighted by Crippen LogP contribution is 2.22. The highest BCUT2D eigenvalue weighted by atomic mass is 32.1. The van der Waals surface area contributed by atoms with Gasteiger partial charge in [-0.25, -0.2) is 0 Å². The summed E-state index contributed by atoms with van der Waals surface area (Å²) >= 11 is 1.87. The Morgan fingerprint density at radius 1 is 1.40 bits per heavy atom. The molecule has 0 amide bonds. The van der Waals surface area contributed by atoms with Crippen molar-refractivity contribution in [1.82, 2.24) is 5.32 Å². The second-order valence-electron chi connectivity index (χ2n) is 4.08. The van der Waals surface area contributed by atoms with Crippen LogP contribution < -0.4 is 5.32 Å². The molecule has 0 aliphatic heterocycles. The molecule has 1 aromatic rings. The van der Waals surface area contributed by atoms with Gasteiger partial charge in [-0.1, -0.05) is 6.92 Å². The third kappa shape index (κ3) is 3.93. The Balaban J connectivity index is 1.70. The van der Waals surface area contributed by atoms with Crippen molar-refractivity contribution in [2.45, 2.75) is 45.4 Å². The molecule has 84 valence electrons. The maximum Gasteiger partial charge on any atom is 0.0809 e. The Hall–Kier alpha value is -0.380. The van der Waals surface area contributed by atoms with Gasteiger partial charge in [-0.3, -0.25) is 0 Å². The van der Waals surface area contributed by atoms with Gasteiger partial charge in [0.1, 0.15) is 0 Å². The monoisotopic (exact) mass is 225 g/mol. The Labute approximate surface area is 95.6 Å². The molecule has 15 heavy (non-hydrogen) atoms. The first-order valence-electron chi connectivity index (χ1n) is 5.77. The molecule has 0 aromatic carbocycles. The predicted octanol–water partition coefficient (Wildman–Crippen LogP) is 2.93. The maximum absolute atomic E-state index is 5.51. The summed E-state index contributed by atoms with van der Waals surface area (Å²) in [4.78, 5) is 2.77. The minimum atomic E-state index is 0.780. The van der Waals surface area contributed by atoms with Crippen LogP contribution in [0.3, 0.4) is 0 Å². The topological polar surface area (TPSA) is 21.3 Å². The van der Waals surface area contributed by atoms with Crippen molar-refractivity contribution in [1.29, 1.82) is 0 Å². The fraction of sp³-hybridized carbons (Fsp3) is 0.667. The third-order valence-corrected chi connectivity index (χ3v) is 3.51. The molecule has 1 aliphatic carbocycles. The summed E-state index contributed by atoms with van der Waals surface area (Å²) in [6.07, 6.45) is 3.82. The number of ether oxygens (including phenoxy) is 1. The Morgan fingerprint density at radius 3 is 2.93 bits per heavy atom. The summed E-state index contributed by atoms with van der Waals surface area (Å²) in [6, 6.07) is 5.20. The Kier molecular flexibility index (Phi) is 4.18. The molecular weight excluding hydrogens is 206 g/mol. The lowest BCUT2D eigenvalue weighted by Crippen LogP contribution is -2.14. The summed E-state index contributed by atoms with van der Waals surface area (Å²) in [6.45, 7) is 4.82. The first-order valence-corrected chi connectivity index (χ1v) is 6.59. The second kappa shape index (κ2) is 5.64. The van der Waals surface area contributed by atoms with E-state index in [1.54, 1.807) is 0 Å². The number of rotatable bonds is 7. The van der Waals surface area contributed by atoms with E-state index in [4.69, 9.17) is 4.74 Å². The molecule has 0 saturated heterocycles. The molecule has 1 heterocycles. The van der Waals surface area contributed by atoms with Gasteiger partial charge >= 0.3 is 0 Å². The van der Waals surface area contributed by atoms with Crippen molar-refractivity contribution in [2.75, 3.05) is 6.61 Å². The lowest BCUT2D eigenvalue weighted by Gasteiger charge is -1.99. The van der Waals surface area contributed by atoms with Crippen molar-refractivity contribution in [3.63, 3.8) is 0 Å². The van der Waals surface area contributed by atoms with Crippen LogP contribution in [0.4, 0.5) is 0 Å². The maximum atomic E-state index is 5.51. The van der Waals surface area contributed by atoms with Crippen LogP contribution in [0, 0.1) is 0 Å². The number of thiophene rings is 1. The van der Waals surface area contributed by atoms with E-state index in [2.05, 4.69) is 24.4 Å². The number of hydrogen-bond donors (Lipinski definition) is 1. The van der Waals surface area contributed by atoms with Gasteiger partial charge in [0, 0.05) is 28.9 Å².